The van der Waals surface area contributed by atoms with Crippen molar-refractivity contribution in [2.75, 3.05) is 6.26 Å². The lowest BCUT2D eigenvalue weighted by molar-refractivity contribution is -0.114. The van der Waals surface area contributed by atoms with Gasteiger partial charge in [-0.15, -0.1) is 0 Å². The summed E-state index contributed by atoms with van der Waals surface area (Å²) in [6.45, 7) is 0. The summed E-state index contributed by atoms with van der Waals surface area (Å²) in [5, 5.41) is 3.32. The zero-order valence-electron chi connectivity index (χ0n) is 18.6. The number of halogens is 4. The summed E-state index contributed by atoms with van der Waals surface area (Å²) >= 11 is 0. The summed E-state index contributed by atoms with van der Waals surface area (Å²) in [4.78, 5) is 20.6. The Bertz CT molecular complexity index is 1230. The number of carbonyl (C=O) groups excluding carboxylic acids is 1. The van der Waals surface area contributed by atoms with E-state index in [4.69, 9.17) is 4.74 Å². The summed E-state index contributed by atoms with van der Waals surface area (Å²) in [6, 6.07) is 7.01. The van der Waals surface area contributed by atoms with Gasteiger partial charge in [0.1, 0.15) is 11.3 Å². The van der Waals surface area contributed by atoms with Gasteiger partial charge in [-0.1, -0.05) is 24.3 Å². The fourth-order valence-electron chi connectivity index (χ4n) is 3.73. The first-order valence-electron chi connectivity index (χ1n) is 10.9. The Hall–Kier alpha value is -3.02. The zero-order chi connectivity index (χ0) is 25.4. The number of amides is 1. The third-order valence-electron chi connectivity index (χ3n) is 5.80. The Balaban J connectivity index is 1.64. The molecule has 0 radical (unpaired) electrons. The predicted octanol–water partition coefficient (Wildman–Crippen LogP) is 4.47. The van der Waals surface area contributed by atoms with Crippen molar-refractivity contribution in [2.24, 2.45) is 11.8 Å². The molecular weight excluding hydrogens is 490 g/mol. The van der Waals surface area contributed by atoms with Gasteiger partial charge in [0, 0.05) is 36.6 Å². The van der Waals surface area contributed by atoms with Crippen LogP contribution in [0.3, 0.4) is 0 Å². The first-order chi connectivity index (χ1) is 16.3. The van der Waals surface area contributed by atoms with Gasteiger partial charge >= 0.3 is 5.92 Å². The first kappa shape index (κ1) is 25.1. The van der Waals surface area contributed by atoms with Crippen LogP contribution in [0, 0.1) is 11.8 Å². The molecule has 1 N–H and O–H groups in total. The molecule has 1 aromatic carbocycles. The molecule has 1 atom stereocenters. The standard InChI is InChI=1S/C23H23F4N3O4S/c1-35(32,33)10-9-18(14-11-22(24,25)12-14)29-19(31)17-13-28-21(23(26,27)15-7-8-15)30-20(17)34-16-5-3-2-4-6-16/h2-6,9-10,13-15,18H,7-8,11-12H2,1H3,(H,29,31). The molecule has 4 rings (SSSR count). The Morgan fingerprint density at radius 2 is 1.89 bits per heavy atom. The quantitative estimate of drug-likeness (QED) is 0.497. The summed E-state index contributed by atoms with van der Waals surface area (Å²) < 4.78 is 84.9. The Kier molecular flexibility index (Phi) is 6.60. The van der Waals surface area contributed by atoms with E-state index >= 15 is 0 Å². The van der Waals surface area contributed by atoms with Crippen LogP contribution in [0.5, 0.6) is 11.6 Å². The van der Waals surface area contributed by atoms with Crippen LogP contribution in [0.25, 0.3) is 0 Å². The first-order valence-corrected chi connectivity index (χ1v) is 12.8. The maximum absolute atomic E-state index is 14.6. The van der Waals surface area contributed by atoms with Gasteiger partial charge < -0.3 is 10.1 Å². The molecule has 1 amide bonds. The Labute approximate surface area is 199 Å². The number of nitrogens with zero attached hydrogens (tertiary/aromatic N) is 2. The molecule has 2 aliphatic rings. The van der Waals surface area contributed by atoms with Crippen LogP contribution in [0.4, 0.5) is 17.6 Å². The lowest BCUT2D eigenvalue weighted by Crippen LogP contribution is -2.49. The summed E-state index contributed by atoms with van der Waals surface area (Å²) in [5.74, 6) is -9.68. The van der Waals surface area contributed by atoms with Crippen molar-refractivity contribution in [1.29, 1.82) is 0 Å². The highest BCUT2D eigenvalue weighted by Crippen LogP contribution is 2.49. The number of rotatable bonds is 9. The minimum Gasteiger partial charge on any atom is -0.438 e. The van der Waals surface area contributed by atoms with Crippen molar-refractivity contribution < 1.29 is 35.5 Å². The average molecular weight is 514 g/mol. The number of alkyl halides is 4. The van der Waals surface area contributed by atoms with E-state index in [0.29, 0.717) is 12.8 Å². The number of aromatic nitrogens is 2. The topological polar surface area (TPSA) is 98.2 Å². The second kappa shape index (κ2) is 9.21. The number of sulfone groups is 1. The van der Waals surface area contributed by atoms with Crippen molar-refractivity contribution >= 4 is 15.7 Å². The molecule has 7 nitrogen and oxygen atoms in total. The molecule has 0 saturated heterocycles. The number of hydrogen-bond donors (Lipinski definition) is 1. The van der Waals surface area contributed by atoms with Crippen LogP contribution in [0.15, 0.2) is 48.0 Å². The van der Waals surface area contributed by atoms with Crippen molar-refractivity contribution in [3.8, 4) is 11.6 Å². The van der Waals surface area contributed by atoms with Gasteiger partial charge in [0.05, 0.1) is 6.04 Å². The van der Waals surface area contributed by atoms with E-state index in [0.717, 1.165) is 23.9 Å². The minimum atomic E-state index is -3.59. The number of ether oxygens (including phenoxy) is 1. The number of carbonyl (C=O) groups is 1. The number of nitrogens with one attached hydrogen (secondary N) is 1. The minimum absolute atomic E-state index is 0.230. The van der Waals surface area contributed by atoms with E-state index in [1.54, 1.807) is 18.2 Å². The monoisotopic (exact) mass is 513 g/mol. The van der Waals surface area contributed by atoms with E-state index in [9.17, 15) is 30.8 Å². The van der Waals surface area contributed by atoms with E-state index in [1.807, 2.05) is 0 Å². The van der Waals surface area contributed by atoms with E-state index in [2.05, 4.69) is 15.3 Å². The van der Waals surface area contributed by atoms with E-state index in [1.165, 1.54) is 12.1 Å². The third kappa shape index (κ3) is 6.16. The maximum Gasteiger partial charge on any atom is 0.309 e. The summed E-state index contributed by atoms with van der Waals surface area (Å²) in [6.07, 6.45) is 2.53. The second-order valence-electron chi connectivity index (χ2n) is 8.91. The van der Waals surface area contributed by atoms with Crippen molar-refractivity contribution in [3.63, 3.8) is 0 Å². The molecule has 0 spiro atoms. The highest BCUT2D eigenvalue weighted by atomic mass is 32.2. The van der Waals surface area contributed by atoms with E-state index in [-0.39, 0.29) is 11.3 Å². The molecule has 0 bridgehead atoms. The van der Waals surface area contributed by atoms with Gasteiger partial charge in [-0.2, -0.15) is 13.8 Å². The molecule has 0 aliphatic heterocycles. The van der Waals surface area contributed by atoms with Crippen LogP contribution in [-0.4, -0.2) is 42.5 Å². The van der Waals surface area contributed by atoms with Crippen LogP contribution in [-0.2, 0) is 15.8 Å². The molecule has 2 fully saturated rings. The maximum atomic E-state index is 14.6. The number of hydrogen-bond acceptors (Lipinski definition) is 6. The molecule has 1 aromatic heterocycles. The van der Waals surface area contributed by atoms with Crippen LogP contribution < -0.4 is 10.1 Å². The third-order valence-corrected chi connectivity index (χ3v) is 6.46. The van der Waals surface area contributed by atoms with Crippen LogP contribution in [0.1, 0.15) is 41.9 Å². The van der Waals surface area contributed by atoms with Gasteiger partial charge in [-0.3, -0.25) is 4.79 Å². The van der Waals surface area contributed by atoms with Gasteiger partial charge in [-0.05, 0) is 30.9 Å². The molecule has 12 heteroatoms. The molecule has 1 heterocycles. The van der Waals surface area contributed by atoms with Gasteiger partial charge in [0.2, 0.25) is 17.6 Å². The highest BCUT2D eigenvalue weighted by Gasteiger charge is 2.51. The molecule has 2 aromatic rings. The fourth-order valence-corrected chi connectivity index (χ4v) is 4.18. The largest absolute Gasteiger partial charge is 0.438 e. The fraction of sp³-hybridized carbons (Fsp3) is 0.435. The van der Waals surface area contributed by atoms with Crippen molar-refractivity contribution in [2.45, 2.75) is 43.6 Å². The molecular formula is C23H23F4N3O4S. The van der Waals surface area contributed by atoms with Crippen LogP contribution in [0.2, 0.25) is 0 Å². The summed E-state index contributed by atoms with van der Waals surface area (Å²) in [7, 11) is -3.59. The SMILES string of the molecule is CS(=O)(=O)C=CC(NC(=O)c1cnc(C(F)(F)C2CC2)nc1Oc1ccccc1)C1CC(F)(F)C1. The highest BCUT2D eigenvalue weighted by molar-refractivity contribution is 7.93. The number of para-hydroxylation sites is 1. The summed E-state index contributed by atoms with van der Waals surface area (Å²) in [5.41, 5.74) is -0.298. The van der Waals surface area contributed by atoms with Gasteiger partial charge in [0.25, 0.3) is 5.91 Å². The van der Waals surface area contributed by atoms with Gasteiger partial charge in [0.15, 0.2) is 9.84 Å². The van der Waals surface area contributed by atoms with Crippen molar-refractivity contribution in [3.05, 3.63) is 59.4 Å². The number of benzene rings is 1. The molecule has 35 heavy (non-hydrogen) atoms. The normalized spacial score (nSPS) is 19.2. The van der Waals surface area contributed by atoms with E-state index < -0.39 is 70.0 Å². The lowest BCUT2D eigenvalue weighted by Gasteiger charge is -2.39. The average Bonchev–Trinajstić information content (AvgIpc) is 3.61. The molecule has 188 valence electrons. The smallest absolute Gasteiger partial charge is 0.309 e. The lowest BCUT2D eigenvalue weighted by atomic mass is 9.76. The van der Waals surface area contributed by atoms with Gasteiger partial charge in [-0.25, -0.2) is 22.2 Å². The predicted molar refractivity (Wildman–Crippen MR) is 118 cm³/mol. The Morgan fingerprint density at radius 1 is 1.23 bits per heavy atom. The van der Waals surface area contributed by atoms with Crippen molar-refractivity contribution in [1.82, 2.24) is 15.3 Å². The molecule has 1 unspecified atom stereocenters. The second-order valence-corrected chi connectivity index (χ2v) is 10.8. The Morgan fingerprint density at radius 3 is 2.46 bits per heavy atom. The molecule has 2 saturated carbocycles. The van der Waals surface area contributed by atoms with Crippen LogP contribution >= 0.6 is 0 Å². The molecule has 2 aliphatic carbocycles. The zero-order valence-corrected chi connectivity index (χ0v) is 19.4.